The normalized spacial score (nSPS) is 16.5. The average Bonchev–Trinajstić information content (AvgIpc) is 1.86. The van der Waals surface area contributed by atoms with E-state index in [1.165, 1.54) is 25.7 Å². The van der Waals surface area contributed by atoms with Crippen molar-refractivity contribution in [2.24, 2.45) is 0 Å². The summed E-state index contributed by atoms with van der Waals surface area (Å²) in [6.07, 6.45) is 14.0. The van der Waals surface area contributed by atoms with Crippen LogP contribution in [0.4, 0.5) is 0 Å². The van der Waals surface area contributed by atoms with Crippen molar-refractivity contribution in [3.63, 3.8) is 0 Å². The number of allylic oxidation sites excluding steroid dienone is 4. The van der Waals surface area contributed by atoms with Crippen LogP contribution in [0, 0.1) is 0 Å². The Morgan fingerprint density at radius 3 is 1.09 bits per heavy atom. The zero-order valence-electron chi connectivity index (χ0n) is 7.45. The first-order chi connectivity index (χ1) is 5.41. The van der Waals surface area contributed by atoms with Gasteiger partial charge < -0.3 is 0 Å². The molecule has 0 amide bonds. The summed E-state index contributed by atoms with van der Waals surface area (Å²) in [4.78, 5) is 0. The van der Waals surface area contributed by atoms with Crippen LogP contribution in [0.15, 0.2) is 24.3 Å². The third-order valence-electron chi connectivity index (χ3n) is 1.33. The van der Waals surface area contributed by atoms with Crippen LogP contribution in [0.1, 0.15) is 25.7 Å². The van der Waals surface area contributed by atoms with Crippen LogP contribution in [0.25, 0.3) is 0 Å². The molecule has 0 nitrogen and oxygen atoms in total. The number of rotatable bonds is 0. The van der Waals surface area contributed by atoms with Crippen LogP contribution in [0.2, 0.25) is 10.8 Å². The van der Waals surface area contributed by atoms with Crippen LogP contribution in [-0.2, 0) is 18.0 Å². The van der Waals surface area contributed by atoms with Gasteiger partial charge in [-0.1, -0.05) is 24.3 Å². The molecular formula is C10H18Pd. The summed E-state index contributed by atoms with van der Waals surface area (Å²) >= 11 is 0.950. The molecule has 0 saturated carbocycles. The zero-order valence-corrected chi connectivity index (χ0v) is 9.01. The zero-order chi connectivity index (χ0) is 8.36. The fraction of sp³-hybridized carbons (Fsp3) is 0.600. The predicted octanol–water partition coefficient (Wildman–Crippen LogP) is 3.84. The quantitative estimate of drug-likeness (QED) is 0.449. The molecule has 0 unspecified atom stereocenters. The van der Waals surface area contributed by atoms with Crippen molar-refractivity contribution in [3.05, 3.63) is 24.3 Å². The van der Waals surface area contributed by atoms with E-state index < -0.39 is 0 Å². The van der Waals surface area contributed by atoms with Gasteiger partial charge in [-0.05, 0) is 25.7 Å². The molecule has 0 spiro atoms. The second-order valence-electron chi connectivity index (χ2n) is 2.41. The SMILES string of the molecule is C1=CCCC=CCC1.[CH3][Pd][CH3]. The van der Waals surface area contributed by atoms with E-state index in [0.29, 0.717) is 0 Å². The van der Waals surface area contributed by atoms with Crippen molar-refractivity contribution in [1.29, 1.82) is 0 Å². The van der Waals surface area contributed by atoms with Gasteiger partial charge in [0.25, 0.3) is 0 Å². The van der Waals surface area contributed by atoms with Crippen molar-refractivity contribution in [1.82, 2.24) is 0 Å². The predicted molar refractivity (Wildman–Crippen MR) is 48.5 cm³/mol. The van der Waals surface area contributed by atoms with Crippen molar-refractivity contribution in [2.45, 2.75) is 36.5 Å². The topological polar surface area (TPSA) is 0 Å². The molecule has 0 fully saturated rings. The Kier molecular flexibility index (Phi) is 10.3. The maximum absolute atomic E-state index is 2.27. The summed E-state index contributed by atoms with van der Waals surface area (Å²) in [5, 5.41) is 4.35. The molecule has 0 aromatic carbocycles. The Bertz CT molecular complexity index is 88.0. The summed E-state index contributed by atoms with van der Waals surface area (Å²) in [6.45, 7) is 0. The van der Waals surface area contributed by atoms with Crippen LogP contribution in [0.3, 0.4) is 0 Å². The standard InChI is InChI=1S/C8H12.2CH3.Pd/c1-2-4-6-8-7-5-3-1;;;/h1-2,7-8H,3-6H2;2*1H3;. The Morgan fingerprint density at radius 2 is 0.909 bits per heavy atom. The molecule has 0 saturated heterocycles. The molecule has 1 rings (SSSR count). The van der Waals surface area contributed by atoms with Crippen LogP contribution >= 0.6 is 0 Å². The monoisotopic (exact) mass is 244 g/mol. The van der Waals surface area contributed by atoms with Gasteiger partial charge in [-0.3, -0.25) is 0 Å². The van der Waals surface area contributed by atoms with Gasteiger partial charge in [-0.15, -0.1) is 0 Å². The van der Waals surface area contributed by atoms with E-state index in [2.05, 4.69) is 35.1 Å². The third-order valence-corrected chi connectivity index (χ3v) is 1.33. The minimum absolute atomic E-state index is 0.950. The van der Waals surface area contributed by atoms with Gasteiger partial charge in [0, 0.05) is 0 Å². The van der Waals surface area contributed by atoms with E-state index in [4.69, 9.17) is 0 Å². The van der Waals surface area contributed by atoms with E-state index in [1.54, 1.807) is 0 Å². The van der Waals surface area contributed by atoms with E-state index in [1.807, 2.05) is 0 Å². The molecule has 1 aliphatic carbocycles. The molecule has 0 N–H and O–H groups in total. The number of hydrogen-bond donors (Lipinski definition) is 0. The van der Waals surface area contributed by atoms with Gasteiger partial charge >= 0.3 is 28.8 Å². The Labute approximate surface area is 78.9 Å². The van der Waals surface area contributed by atoms with E-state index >= 15 is 0 Å². The van der Waals surface area contributed by atoms with E-state index in [-0.39, 0.29) is 0 Å². The summed E-state index contributed by atoms with van der Waals surface area (Å²) < 4.78 is 0. The van der Waals surface area contributed by atoms with Gasteiger partial charge in [0.1, 0.15) is 0 Å². The first-order valence-electron chi connectivity index (χ1n) is 3.93. The fourth-order valence-electron chi connectivity index (χ4n) is 0.856. The molecule has 1 aliphatic rings. The van der Waals surface area contributed by atoms with Gasteiger partial charge in [0.15, 0.2) is 0 Å². The average molecular weight is 245 g/mol. The molecule has 0 heterocycles. The molecule has 68 valence electrons. The Morgan fingerprint density at radius 1 is 0.727 bits per heavy atom. The van der Waals surface area contributed by atoms with Crippen molar-refractivity contribution < 1.29 is 18.0 Å². The Hall–Kier alpha value is 0.142. The van der Waals surface area contributed by atoms with Crippen LogP contribution in [0.5, 0.6) is 0 Å². The van der Waals surface area contributed by atoms with E-state index in [0.717, 1.165) is 18.0 Å². The maximum atomic E-state index is 2.27. The molecule has 0 radical (unpaired) electrons. The first kappa shape index (κ1) is 11.1. The molecule has 1 heteroatoms. The second-order valence-corrected chi connectivity index (χ2v) is 3.97. The fourth-order valence-corrected chi connectivity index (χ4v) is 0.856. The van der Waals surface area contributed by atoms with Gasteiger partial charge in [-0.25, -0.2) is 0 Å². The molecular weight excluding hydrogens is 227 g/mol. The summed E-state index contributed by atoms with van der Waals surface area (Å²) in [5.74, 6) is 0. The minimum atomic E-state index is 0.950. The summed E-state index contributed by atoms with van der Waals surface area (Å²) in [6, 6.07) is 0. The van der Waals surface area contributed by atoms with Crippen LogP contribution < -0.4 is 0 Å². The van der Waals surface area contributed by atoms with Crippen molar-refractivity contribution >= 4 is 0 Å². The molecule has 0 bridgehead atoms. The van der Waals surface area contributed by atoms with Gasteiger partial charge in [0.05, 0.1) is 0 Å². The molecule has 0 aromatic heterocycles. The third kappa shape index (κ3) is 10.1. The van der Waals surface area contributed by atoms with Crippen LogP contribution in [-0.4, -0.2) is 0 Å². The van der Waals surface area contributed by atoms with E-state index in [9.17, 15) is 0 Å². The molecule has 0 atom stereocenters. The summed E-state index contributed by atoms with van der Waals surface area (Å²) in [7, 11) is 0. The first-order valence-corrected chi connectivity index (χ1v) is 7.04. The Balaban J connectivity index is 0.000000292. The van der Waals surface area contributed by atoms with Crippen molar-refractivity contribution in [3.8, 4) is 0 Å². The molecule has 0 aromatic rings. The summed E-state index contributed by atoms with van der Waals surface area (Å²) in [5.41, 5.74) is 0. The van der Waals surface area contributed by atoms with Gasteiger partial charge in [0.2, 0.25) is 0 Å². The molecule has 11 heavy (non-hydrogen) atoms. The van der Waals surface area contributed by atoms with Gasteiger partial charge in [-0.2, -0.15) is 0 Å². The molecule has 0 aliphatic heterocycles. The second kappa shape index (κ2) is 10.1. The number of hydrogen-bond acceptors (Lipinski definition) is 0. The van der Waals surface area contributed by atoms with Crippen molar-refractivity contribution in [2.75, 3.05) is 0 Å².